The van der Waals surface area contributed by atoms with Crippen molar-refractivity contribution in [1.29, 1.82) is 5.26 Å². The van der Waals surface area contributed by atoms with E-state index in [1.54, 1.807) is 11.6 Å². The Kier molecular flexibility index (Phi) is 5.23. The number of hydrogen-bond acceptors (Lipinski definition) is 5. The van der Waals surface area contributed by atoms with Crippen molar-refractivity contribution in [2.45, 2.75) is 13.3 Å². The van der Waals surface area contributed by atoms with Crippen LogP contribution in [-0.4, -0.2) is 27.2 Å². The predicted octanol–water partition coefficient (Wildman–Crippen LogP) is 3.46. The number of aryl methyl sites for hydroxylation is 2. The third-order valence-electron chi connectivity index (χ3n) is 4.25. The molecule has 2 aromatic carbocycles. The van der Waals surface area contributed by atoms with E-state index < -0.39 is 5.97 Å². The van der Waals surface area contributed by atoms with Gasteiger partial charge in [-0.2, -0.15) is 5.26 Å². The zero-order valence-corrected chi connectivity index (χ0v) is 15.1. The fourth-order valence-corrected chi connectivity index (χ4v) is 2.76. The number of nitriles is 1. The van der Waals surface area contributed by atoms with E-state index in [4.69, 9.17) is 4.74 Å². The SMILES string of the molecule is Cc1ccc(CC(=O)OC/C(O)=C(\C#N)c2nc3ccccc3n2C)cc1. The van der Waals surface area contributed by atoms with Crippen LogP contribution in [0.4, 0.5) is 0 Å². The van der Waals surface area contributed by atoms with Gasteiger partial charge in [0.2, 0.25) is 0 Å². The summed E-state index contributed by atoms with van der Waals surface area (Å²) in [6.07, 6.45) is 0.0989. The molecule has 27 heavy (non-hydrogen) atoms. The van der Waals surface area contributed by atoms with Crippen molar-refractivity contribution < 1.29 is 14.6 Å². The summed E-state index contributed by atoms with van der Waals surface area (Å²) in [7, 11) is 1.76. The summed E-state index contributed by atoms with van der Waals surface area (Å²) < 4.78 is 6.84. The van der Waals surface area contributed by atoms with Crippen LogP contribution >= 0.6 is 0 Å². The number of carbonyl (C=O) groups is 1. The Morgan fingerprint density at radius 1 is 1.22 bits per heavy atom. The van der Waals surface area contributed by atoms with Gasteiger partial charge in [0.15, 0.2) is 11.6 Å². The van der Waals surface area contributed by atoms with E-state index >= 15 is 0 Å². The van der Waals surface area contributed by atoms with Gasteiger partial charge < -0.3 is 14.4 Å². The van der Waals surface area contributed by atoms with Crippen molar-refractivity contribution in [1.82, 2.24) is 9.55 Å². The molecule has 0 unspecified atom stereocenters. The number of imidazole rings is 1. The monoisotopic (exact) mass is 361 g/mol. The number of nitrogens with zero attached hydrogens (tertiary/aromatic N) is 3. The Balaban J connectivity index is 1.75. The average Bonchev–Trinajstić information content (AvgIpc) is 2.99. The van der Waals surface area contributed by atoms with Crippen LogP contribution in [-0.2, 0) is 23.0 Å². The molecule has 0 aliphatic rings. The van der Waals surface area contributed by atoms with Crippen molar-refractivity contribution in [3.63, 3.8) is 0 Å². The molecule has 1 N–H and O–H groups in total. The maximum absolute atomic E-state index is 12.0. The number of benzene rings is 2. The highest BCUT2D eigenvalue weighted by molar-refractivity contribution is 5.84. The second kappa shape index (κ2) is 7.75. The van der Waals surface area contributed by atoms with Crippen LogP contribution in [0.5, 0.6) is 0 Å². The third-order valence-corrected chi connectivity index (χ3v) is 4.25. The van der Waals surface area contributed by atoms with Crippen molar-refractivity contribution in [2.24, 2.45) is 7.05 Å². The zero-order valence-electron chi connectivity index (χ0n) is 15.1. The second-order valence-corrected chi connectivity index (χ2v) is 6.24. The van der Waals surface area contributed by atoms with E-state index in [0.717, 1.165) is 16.6 Å². The lowest BCUT2D eigenvalue weighted by Gasteiger charge is -2.07. The number of esters is 1. The summed E-state index contributed by atoms with van der Waals surface area (Å²) in [5, 5.41) is 19.8. The van der Waals surface area contributed by atoms with Crippen molar-refractivity contribution in [2.75, 3.05) is 6.61 Å². The minimum absolute atomic E-state index is 0.0168. The molecule has 6 heteroatoms. The molecule has 0 saturated carbocycles. The van der Waals surface area contributed by atoms with Gasteiger partial charge in [0, 0.05) is 7.05 Å². The molecule has 0 atom stereocenters. The molecule has 6 nitrogen and oxygen atoms in total. The Bertz CT molecular complexity index is 1060. The van der Waals surface area contributed by atoms with Crippen LogP contribution in [0.1, 0.15) is 17.0 Å². The number of aliphatic hydroxyl groups is 1. The van der Waals surface area contributed by atoms with Gasteiger partial charge >= 0.3 is 5.97 Å². The van der Waals surface area contributed by atoms with Crippen LogP contribution in [0.25, 0.3) is 16.6 Å². The smallest absolute Gasteiger partial charge is 0.310 e. The van der Waals surface area contributed by atoms with E-state index in [1.165, 1.54) is 0 Å². The summed E-state index contributed by atoms with van der Waals surface area (Å²) in [5.41, 5.74) is 3.46. The molecule has 0 aliphatic carbocycles. The normalized spacial score (nSPS) is 11.7. The van der Waals surface area contributed by atoms with Crippen LogP contribution < -0.4 is 0 Å². The highest BCUT2D eigenvalue weighted by Gasteiger charge is 2.17. The van der Waals surface area contributed by atoms with E-state index in [2.05, 4.69) is 4.98 Å². The molecule has 0 radical (unpaired) electrons. The first-order chi connectivity index (χ1) is 13.0. The minimum Gasteiger partial charge on any atom is -0.507 e. The number of para-hydroxylation sites is 2. The Morgan fingerprint density at radius 2 is 1.93 bits per heavy atom. The number of ether oxygens (including phenoxy) is 1. The standard InChI is InChI=1S/C21H19N3O3/c1-14-7-9-15(10-8-14)11-20(26)27-13-19(25)16(12-22)21-23-17-5-3-4-6-18(17)24(21)2/h3-10,25H,11,13H2,1-2H3/b19-16-. The highest BCUT2D eigenvalue weighted by atomic mass is 16.5. The maximum atomic E-state index is 12.0. The molecule has 136 valence electrons. The number of fused-ring (bicyclic) bond motifs is 1. The number of hydrogen-bond donors (Lipinski definition) is 1. The topological polar surface area (TPSA) is 88.1 Å². The lowest BCUT2D eigenvalue weighted by atomic mass is 10.1. The molecular weight excluding hydrogens is 342 g/mol. The highest BCUT2D eigenvalue weighted by Crippen LogP contribution is 2.22. The van der Waals surface area contributed by atoms with Gasteiger partial charge in [-0.1, -0.05) is 42.0 Å². The van der Waals surface area contributed by atoms with Gasteiger partial charge in [-0.15, -0.1) is 0 Å². The Labute approximate surface area is 157 Å². The summed E-state index contributed by atoms with van der Waals surface area (Å²) in [5.74, 6) is -0.480. The van der Waals surface area contributed by atoms with Gasteiger partial charge in [-0.25, -0.2) is 4.98 Å². The van der Waals surface area contributed by atoms with Crippen molar-refractivity contribution in [3.05, 3.63) is 71.2 Å². The van der Waals surface area contributed by atoms with Gasteiger partial charge in [0.25, 0.3) is 0 Å². The fraction of sp³-hybridized carbons (Fsp3) is 0.190. The fourth-order valence-electron chi connectivity index (χ4n) is 2.76. The van der Waals surface area contributed by atoms with Crippen molar-refractivity contribution in [3.8, 4) is 6.07 Å². The first-order valence-electron chi connectivity index (χ1n) is 8.45. The number of aliphatic hydroxyl groups excluding tert-OH is 1. The quantitative estimate of drug-likeness (QED) is 0.427. The molecule has 0 bridgehead atoms. The van der Waals surface area contributed by atoms with E-state index in [1.807, 2.05) is 61.5 Å². The Hall–Kier alpha value is -3.59. The number of carbonyl (C=O) groups excluding carboxylic acids is 1. The molecule has 0 fully saturated rings. The van der Waals surface area contributed by atoms with Crippen LogP contribution in [0.3, 0.4) is 0 Å². The summed E-state index contributed by atoms with van der Waals surface area (Å²) in [6, 6.07) is 16.9. The van der Waals surface area contributed by atoms with E-state index in [9.17, 15) is 15.2 Å². The number of allylic oxidation sites excluding steroid dienone is 1. The molecule has 0 spiro atoms. The maximum Gasteiger partial charge on any atom is 0.310 e. The second-order valence-electron chi connectivity index (χ2n) is 6.24. The molecule has 0 saturated heterocycles. The van der Waals surface area contributed by atoms with Gasteiger partial charge in [0.1, 0.15) is 18.2 Å². The summed E-state index contributed by atoms with van der Waals surface area (Å²) in [4.78, 5) is 16.4. The molecule has 3 aromatic rings. The molecule has 1 aromatic heterocycles. The molecule has 3 rings (SSSR count). The van der Waals surface area contributed by atoms with Gasteiger partial charge in [-0.3, -0.25) is 4.79 Å². The third kappa shape index (κ3) is 3.98. The lowest BCUT2D eigenvalue weighted by molar-refractivity contribution is -0.142. The lowest BCUT2D eigenvalue weighted by Crippen LogP contribution is -2.12. The number of aromatic nitrogens is 2. The molecule has 1 heterocycles. The molecule has 0 aliphatic heterocycles. The van der Waals surface area contributed by atoms with Crippen LogP contribution in [0.15, 0.2) is 54.3 Å². The largest absolute Gasteiger partial charge is 0.507 e. The average molecular weight is 361 g/mol. The van der Waals surface area contributed by atoms with E-state index in [0.29, 0.717) is 11.3 Å². The van der Waals surface area contributed by atoms with Crippen LogP contribution in [0.2, 0.25) is 0 Å². The Morgan fingerprint density at radius 3 is 2.59 bits per heavy atom. The zero-order chi connectivity index (χ0) is 19.4. The summed E-state index contributed by atoms with van der Waals surface area (Å²) >= 11 is 0. The van der Waals surface area contributed by atoms with Gasteiger partial charge in [0.05, 0.1) is 17.5 Å². The minimum atomic E-state index is -0.479. The van der Waals surface area contributed by atoms with Crippen molar-refractivity contribution >= 4 is 22.6 Å². The summed E-state index contributed by atoms with van der Waals surface area (Å²) in [6.45, 7) is 1.59. The van der Waals surface area contributed by atoms with Crippen LogP contribution in [0, 0.1) is 18.3 Å². The first-order valence-corrected chi connectivity index (χ1v) is 8.45. The molecule has 0 amide bonds. The predicted molar refractivity (Wildman–Crippen MR) is 102 cm³/mol. The van der Waals surface area contributed by atoms with Gasteiger partial charge in [-0.05, 0) is 24.6 Å². The number of rotatable bonds is 5. The first kappa shape index (κ1) is 18.2. The van der Waals surface area contributed by atoms with E-state index in [-0.39, 0.29) is 24.4 Å². The molecular formula is C21H19N3O3.